The van der Waals surface area contributed by atoms with Gasteiger partial charge >= 0.3 is 0 Å². The Kier molecular flexibility index (Phi) is 16.2. The van der Waals surface area contributed by atoms with Crippen molar-refractivity contribution in [2.24, 2.45) is 0 Å². The fourth-order valence-electron chi connectivity index (χ4n) is 6.97. The number of hydrogen-bond acceptors (Lipinski definition) is 14. The van der Waals surface area contributed by atoms with E-state index in [4.69, 9.17) is 25.8 Å². The summed E-state index contributed by atoms with van der Waals surface area (Å²) < 4.78 is 59.8. The van der Waals surface area contributed by atoms with Gasteiger partial charge in [-0.25, -0.2) is 22.8 Å². The number of imide groups is 1. The lowest BCUT2D eigenvalue weighted by Gasteiger charge is -2.29. The van der Waals surface area contributed by atoms with Crippen LogP contribution in [0.1, 0.15) is 62.0 Å². The molecule has 348 valence electrons. The van der Waals surface area contributed by atoms with E-state index < -0.39 is 33.7 Å². The third-order valence-corrected chi connectivity index (χ3v) is 10.9. The molecule has 1 unspecified atom stereocenters. The Bertz CT molecular complexity index is 2540. The Balaban J connectivity index is 0.865. The van der Waals surface area contributed by atoms with Crippen LogP contribution in [0.3, 0.4) is 0 Å². The molecule has 0 radical (unpaired) electrons. The number of fused-ring (bicyclic) bond motifs is 1. The summed E-state index contributed by atoms with van der Waals surface area (Å²) >= 11 is 6.28. The second-order valence-electron chi connectivity index (χ2n) is 15.6. The van der Waals surface area contributed by atoms with Crippen LogP contribution in [0.4, 0.5) is 21.7 Å². The van der Waals surface area contributed by atoms with Crippen molar-refractivity contribution < 1.29 is 51.0 Å². The van der Waals surface area contributed by atoms with E-state index in [0.29, 0.717) is 28.1 Å². The van der Waals surface area contributed by atoms with Crippen molar-refractivity contribution in [3.05, 3.63) is 70.8 Å². The van der Waals surface area contributed by atoms with E-state index in [0.717, 1.165) is 6.26 Å². The van der Waals surface area contributed by atoms with Gasteiger partial charge in [0.15, 0.2) is 5.82 Å². The van der Waals surface area contributed by atoms with Gasteiger partial charge in [0, 0.05) is 83.4 Å². The first-order valence-electron chi connectivity index (χ1n) is 20.7. The number of benzene rings is 2. The molecular weight excluding hydrogens is 891 g/mol. The van der Waals surface area contributed by atoms with Crippen LogP contribution in [0, 0.1) is 5.82 Å². The fraction of sp³-hybridized carbons (Fsp3) is 0.429. The summed E-state index contributed by atoms with van der Waals surface area (Å²) in [4.78, 5) is 72.4. The molecule has 0 saturated carbocycles. The molecule has 2 aromatic carbocycles. The maximum absolute atomic E-state index is 15.7. The monoisotopic (exact) mass is 940 g/mol. The summed E-state index contributed by atoms with van der Waals surface area (Å²) in [5.41, 5.74) is 2.11. The fourth-order valence-corrected chi connectivity index (χ4v) is 7.74. The van der Waals surface area contributed by atoms with E-state index in [1.165, 1.54) is 23.2 Å². The van der Waals surface area contributed by atoms with E-state index in [-0.39, 0.29) is 130 Å². The molecule has 23 heteroatoms. The Morgan fingerprint density at radius 2 is 1.71 bits per heavy atom. The molecule has 4 aromatic rings. The average molecular weight is 941 g/mol. The number of sulfonamides is 1. The Hall–Kier alpha value is -6.07. The predicted molar refractivity (Wildman–Crippen MR) is 237 cm³/mol. The molecule has 5 amide bonds. The second-order valence-corrected chi connectivity index (χ2v) is 17.8. The highest BCUT2D eigenvalue weighted by Crippen LogP contribution is 2.37. The lowest BCUT2D eigenvalue weighted by molar-refractivity contribution is -0.137. The highest BCUT2D eigenvalue weighted by molar-refractivity contribution is 7.92. The molecule has 2 aliphatic heterocycles. The predicted octanol–water partition coefficient (Wildman–Crippen LogP) is 3.51. The van der Waals surface area contributed by atoms with Gasteiger partial charge in [0.1, 0.15) is 18.3 Å². The molecule has 2 aromatic heterocycles. The topological polar surface area (TPSA) is 254 Å². The second kappa shape index (κ2) is 21.7. The van der Waals surface area contributed by atoms with Gasteiger partial charge in [-0.05, 0) is 57.5 Å². The number of halogens is 2. The van der Waals surface area contributed by atoms with Crippen molar-refractivity contribution in [1.29, 1.82) is 0 Å². The summed E-state index contributed by atoms with van der Waals surface area (Å²) in [5, 5.41) is 15.7. The summed E-state index contributed by atoms with van der Waals surface area (Å²) in [6.07, 6.45) is 4.61. The molecule has 1 saturated heterocycles. The normalized spacial score (nSPS) is 15.5. The first kappa shape index (κ1) is 48.4. The SMILES string of the molecule is CC(C)n1cc(-c2ccnc(NC[C@H](C)NC(=O)CCOCCOCCOCC(=O)Nc3cccc4c3CN(C3CCC(=O)NC3=O)C4=O)n2)c(-c2cc(Cl)cc(NS(C)(=O)=O)c2F)n1. The van der Waals surface area contributed by atoms with E-state index >= 15 is 4.39 Å². The number of ether oxygens (including phenoxy) is 3. The Morgan fingerprint density at radius 3 is 2.43 bits per heavy atom. The van der Waals surface area contributed by atoms with Crippen molar-refractivity contribution in [3.8, 4) is 22.5 Å². The zero-order valence-electron chi connectivity index (χ0n) is 36.1. The van der Waals surface area contributed by atoms with Gasteiger partial charge in [-0.2, -0.15) is 5.10 Å². The van der Waals surface area contributed by atoms with Crippen molar-refractivity contribution in [2.75, 3.05) is 67.8 Å². The Morgan fingerprint density at radius 1 is 0.969 bits per heavy atom. The number of anilines is 3. The molecule has 5 N–H and O–H groups in total. The van der Waals surface area contributed by atoms with Crippen molar-refractivity contribution >= 4 is 68.5 Å². The van der Waals surface area contributed by atoms with Gasteiger partial charge in [0.2, 0.25) is 39.6 Å². The van der Waals surface area contributed by atoms with Gasteiger partial charge in [-0.1, -0.05) is 17.7 Å². The first-order valence-corrected chi connectivity index (χ1v) is 23.0. The largest absolute Gasteiger partial charge is 0.379 e. The van der Waals surface area contributed by atoms with Crippen molar-refractivity contribution in [2.45, 2.75) is 64.7 Å². The molecule has 0 spiro atoms. The minimum Gasteiger partial charge on any atom is -0.379 e. The van der Waals surface area contributed by atoms with E-state index in [2.05, 4.69) is 41.1 Å². The van der Waals surface area contributed by atoms with E-state index in [1.54, 1.807) is 42.1 Å². The number of nitrogens with zero attached hydrogens (tertiary/aromatic N) is 5. The minimum absolute atomic E-state index is 0.0255. The smallest absolute Gasteiger partial charge is 0.255 e. The molecule has 4 heterocycles. The molecule has 2 aliphatic rings. The van der Waals surface area contributed by atoms with Gasteiger partial charge in [-0.3, -0.25) is 38.7 Å². The maximum Gasteiger partial charge on any atom is 0.255 e. The van der Waals surface area contributed by atoms with Crippen LogP contribution in [0.25, 0.3) is 22.5 Å². The average Bonchev–Trinajstić information content (AvgIpc) is 3.84. The summed E-state index contributed by atoms with van der Waals surface area (Å²) in [5.74, 6) is -2.51. The lowest BCUT2D eigenvalue weighted by atomic mass is 10.0. The van der Waals surface area contributed by atoms with Gasteiger partial charge in [-0.15, -0.1) is 0 Å². The highest BCUT2D eigenvalue weighted by atomic mass is 35.5. The molecule has 65 heavy (non-hydrogen) atoms. The Labute approximate surface area is 379 Å². The first-order chi connectivity index (χ1) is 31.0. The van der Waals surface area contributed by atoms with Crippen LogP contribution in [-0.4, -0.2) is 127 Å². The zero-order valence-corrected chi connectivity index (χ0v) is 37.7. The van der Waals surface area contributed by atoms with Gasteiger partial charge in [0.05, 0.1) is 50.7 Å². The number of hydrogen-bond donors (Lipinski definition) is 5. The van der Waals surface area contributed by atoms with Crippen molar-refractivity contribution in [3.63, 3.8) is 0 Å². The zero-order chi connectivity index (χ0) is 46.8. The minimum atomic E-state index is -3.81. The van der Waals surface area contributed by atoms with Crippen LogP contribution in [0.15, 0.2) is 48.8 Å². The number of aromatic nitrogens is 4. The molecule has 6 rings (SSSR count). The van der Waals surface area contributed by atoms with Crippen LogP contribution in [-0.2, 0) is 50.0 Å². The van der Waals surface area contributed by atoms with Crippen LogP contribution >= 0.6 is 11.6 Å². The van der Waals surface area contributed by atoms with E-state index in [1.807, 2.05) is 13.8 Å². The third kappa shape index (κ3) is 13.0. The number of carbonyl (C=O) groups excluding carboxylic acids is 5. The van der Waals surface area contributed by atoms with E-state index in [9.17, 15) is 32.4 Å². The van der Waals surface area contributed by atoms with Crippen LogP contribution < -0.4 is 26.0 Å². The molecule has 1 fully saturated rings. The number of amides is 5. The van der Waals surface area contributed by atoms with Gasteiger partial charge in [0.25, 0.3) is 5.91 Å². The molecule has 20 nitrogen and oxygen atoms in total. The summed E-state index contributed by atoms with van der Waals surface area (Å²) in [6.45, 7) is 6.68. The van der Waals surface area contributed by atoms with Crippen LogP contribution in [0.5, 0.6) is 0 Å². The standard InChI is InChI=1S/C42H50ClFN10O10S/c1-24(2)54-22-30(39(51-54)28-18-26(43)19-33(38(28)44)52-65(4,60)61)32-10-12-45-42(49-32)46-20-25(3)47-36(56)11-13-62-14-15-63-16-17-64-23-37(57)48-31-7-5-6-27-29(31)21-53(41(27)59)34-8-9-35(55)50-40(34)58/h5-7,10,12,18-19,22,24-25,34,52H,8-9,11,13-17,20-21,23H2,1-4H3,(H,47,56)(H,48,57)(H,45,46,49)(H,50,55,58)/t25-,34?/m0/s1. The lowest BCUT2D eigenvalue weighted by Crippen LogP contribution is -2.52. The van der Waals surface area contributed by atoms with Crippen LogP contribution in [0.2, 0.25) is 5.02 Å². The molecule has 0 aliphatic carbocycles. The van der Waals surface area contributed by atoms with Crippen molar-refractivity contribution in [1.82, 2.24) is 35.3 Å². The maximum atomic E-state index is 15.7. The molecule has 0 bridgehead atoms. The molecular formula is C42H50ClFN10O10S. The van der Waals surface area contributed by atoms with Gasteiger partial charge < -0.3 is 35.1 Å². The third-order valence-electron chi connectivity index (χ3n) is 10.1. The summed E-state index contributed by atoms with van der Waals surface area (Å²) in [6, 6.07) is 7.92. The molecule has 2 atom stereocenters. The quantitative estimate of drug-likeness (QED) is 0.0559. The number of piperidine rings is 1. The number of nitrogens with one attached hydrogen (secondary N) is 5. The summed E-state index contributed by atoms with van der Waals surface area (Å²) in [7, 11) is -3.81. The number of rotatable bonds is 22. The highest BCUT2D eigenvalue weighted by Gasteiger charge is 2.40. The number of carbonyl (C=O) groups is 5.